The van der Waals surface area contributed by atoms with Gasteiger partial charge < -0.3 is 14.2 Å². The number of amides is 2. The molecule has 1 aliphatic heterocycles. The first-order chi connectivity index (χ1) is 22.7. The molecule has 2 fully saturated rings. The van der Waals surface area contributed by atoms with Crippen LogP contribution in [0.5, 0.6) is 11.8 Å². The fraction of sp³-hybridized carbons (Fsp3) is 0.276. The molecule has 0 radical (unpaired) electrons. The number of para-hydroxylation sites is 1. The number of hydrogen-bond donors (Lipinski definition) is 1. The van der Waals surface area contributed by atoms with Gasteiger partial charge in [-0.15, -0.1) is 5.10 Å². The van der Waals surface area contributed by atoms with Gasteiger partial charge in [-0.1, -0.05) is 17.7 Å². The van der Waals surface area contributed by atoms with Crippen LogP contribution >= 0.6 is 11.6 Å². The number of aromatic nitrogens is 4. The highest BCUT2D eigenvalue weighted by molar-refractivity contribution is 7.92. The van der Waals surface area contributed by atoms with Crippen molar-refractivity contribution in [3.05, 3.63) is 76.2 Å². The van der Waals surface area contributed by atoms with Crippen molar-refractivity contribution in [1.29, 1.82) is 0 Å². The van der Waals surface area contributed by atoms with Gasteiger partial charge in [-0.25, -0.2) is 32.2 Å². The van der Waals surface area contributed by atoms with Crippen molar-refractivity contribution in [2.75, 3.05) is 16.7 Å². The van der Waals surface area contributed by atoms with Crippen LogP contribution < -0.4 is 19.1 Å². The summed E-state index contributed by atoms with van der Waals surface area (Å²) in [5.41, 5.74) is -1.07. The number of benzene rings is 2. The maximum Gasteiger partial charge on any atom is 0.427 e. The summed E-state index contributed by atoms with van der Waals surface area (Å²) in [6.07, 6.45) is 3.77. The third-order valence-electron chi connectivity index (χ3n) is 6.95. The van der Waals surface area contributed by atoms with Gasteiger partial charge in [0.1, 0.15) is 28.9 Å². The van der Waals surface area contributed by atoms with Gasteiger partial charge in [-0.2, -0.15) is 17.9 Å². The number of imide groups is 1. The lowest BCUT2D eigenvalue weighted by Crippen LogP contribution is -2.29. The van der Waals surface area contributed by atoms with Crippen LogP contribution in [0.1, 0.15) is 39.5 Å². The van der Waals surface area contributed by atoms with E-state index in [0.717, 1.165) is 56.1 Å². The number of methoxy groups -OCH3 is 1. The number of rotatable bonds is 7. The van der Waals surface area contributed by atoms with Gasteiger partial charge in [0.05, 0.1) is 30.1 Å². The summed E-state index contributed by atoms with van der Waals surface area (Å²) in [6, 6.07) is 4.90. The van der Waals surface area contributed by atoms with E-state index < -0.39 is 61.8 Å². The topological polar surface area (TPSA) is 154 Å². The molecule has 1 aliphatic carbocycles. The molecule has 2 amide bonds. The highest BCUT2D eigenvalue weighted by Crippen LogP contribution is 2.37. The van der Waals surface area contributed by atoms with Gasteiger partial charge >= 0.3 is 18.0 Å². The molecule has 2 aromatic carbocycles. The summed E-state index contributed by atoms with van der Waals surface area (Å²) in [5, 5.41) is 2.75. The number of carbonyl (C=O) groups is 2. The van der Waals surface area contributed by atoms with Crippen molar-refractivity contribution in [1.82, 2.24) is 19.6 Å². The molecule has 1 saturated carbocycles. The van der Waals surface area contributed by atoms with Crippen molar-refractivity contribution in [2.24, 2.45) is 0 Å². The molecule has 0 bridgehead atoms. The molecular formula is C29H25ClF4N6O7S. The lowest BCUT2D eigenvalue weighted by Gasteiger charge is -2.18. The molecule has 48 heavy (non-hydrogen) atoms. The summed E-state index contributed by atoms with van der Waals surface area (Å²) in [4.78, 5) is 32.1. The minimum Gasteiger partial charge on any atom is -0.489 e. The summed E-state index contributed by atoms with van der Waals surface area (Å²) in [5.74, 6) is -4.55. The Bertz CT molecular complexity index is 2050. The number of nitrogens with zero attached hydrogens (tertiary/aromatic N) is 5. The second-order valence-electron chi connectivity index (χ2n) is 10.5. The maximum atomic E-state index is 14.3. The normalized spacial score (nSPS) is 15.0. The lowest BCUT2D eigenvalue weighted by atomic mass is 10.2. The Balaban J connectivity index is 0.000000188. The highest BCUT2D eigenvalue weighted by atomic mass is 35.5. The van der Waals surface area contributed by atoms with Crippen molar-refractivity contribution in [3.63, 3.8) is 0 Å². The molecule has 0 unspecified atom stereocenters. The number of fused-ring (bicyclic) bond motifs is 1. The van der Waals surface area contributed by atoms with E-state index in [9.17, 15) is 35.6 Å². The fourth-order valence-electron chi connectivity index (χ4n) is 4.68. The second kappa shape index (κ2) is 13.6. The van der Waals surface area contributed by atoms with Crippen LogP contribution in [0.15, 0.2) is 53.0 Å². The number of ether oxygens (including phenoxy) is 3. The van der Waals surface area contributed by atoms with Crippen LogP contribution in [0.2, 0.25) is 5.02 Å². The molecule has 6 rings (SSSR count). The zero-order valence-electron chi connectivity index (χ0n) is 25.3. The van der Waals surface area contributed by atoms with E-state index in [4.69, 9.17) is 25.8 Å². The Labute approximate surface area is 275 Å². The van der Waals surface area contributed by atoms with Gasteiger partial charge in [-0.3, -0.25) is 9.52 Å². The quantitative estimate of drug-likeness (QED) is 0.180. The zero-order valence-corrected chi connectivity index (χ0v) is 26.8. The maximum absolute atomic E-state index is 14.3. The number of cyclic esters (lactones) is 1. The van der Waals surface area contributed by atoms with Crippen molar-refractivity contribution < 1.29 is 49.8 Å². The molecule has 1 saturated heterocycles. The molecule has 2 aromatic heterocycles. The predicted octanol–water partition coefficient (Wildman–Crippen LogP) is 5.93. The second-order valence-corrected chi connectivity index (χ2v) is 12.5. The van der Waals surface area contributed by atoms with Gasteiger partial charge in [0.25, 0.3) is 15.2 Å². The number of sulfonamides is 1. The molecule has 0 spiro atoms. The van der Waals surface area contributed by atoms with E-state index in [0.29, 0.717) is 15.0 Å². The number of anilines is 2. The molecule has 19 heteroatoms. The van der Waals surface area contributed by atoms with Crippen LogP contribution in [-0.4, -0.2) is 53.2 Å². The standard InChI is InChI=1S/C17H17ClFNO4.C12H8F3N5O3S/c1-9(2)15-16(21)20(17(22)24-15)13-8-14(11(18)7-12(13)19)23-10-5-3-4-6-10;1-23-12-16-5-8(15)10-17-11(18-20(10)12)24(21,22)19-9-6(13)3-2-4-7(9)14/h7-8,10H,3-6H2,1-2H3;2-5,19H,1H3. The van der Waals surface area contributed by atoms with Crippen LogP contribution in [0, 0.1) is 23.3 Å². The summed E-state index contributed by atoms with van der Waals surface area (Å²) >= 11 is 6.04. The Morgan fingerprint density at radius 1 is 1.04 bits per heavy atom. The fourth-order valence-corrected chi connectivity index (χ4v) is 5.83. The number of hydrogen-bond acceptors (Lipinski definition) is 10. The van der Waals surface area contributed by atoms with E-state index in [1.54, 1.807) is 18.6 Å². The number of halogens is 5. The average molecular weight is 713 g/mol. The molecular weight excluding hydrogens is 688 g/mol. The number of allylic oxidation sites excluding steroid dienone is 1. The molecule has 4 aromatic rings. The molecule has 1 N–H and O–H groups in total. The molecule has 13 nitrogen and oxygen atoms in total. The smallest absolute Gasteiger partial charge is 0.427 e. The third kappa shape index (κ3) is 6.84. The largest absolute Gasteiger partial charge is 0.489 e. The molecule has 3 heterocycles. The average Bonchev–Trinajstić information content (AvgIpc) is 3.78. The van der Waals surface area contributed by atoms with Crippen molar-refractivity contribution in [2.45, 2.75) is 50.8 Å². The van der Waals surface area contributed by atoms with Gasteiger partial charge in [0, 0.05) is 6.07 Å². The Morgan fingerprint density at radius 2 is 1.71 bits per heavy atom. The van der Waals surface area contributed by atoms with E-state index >= 15 is 0 Å². The summed E-state index contributed by atoms with van der Waals surface area (Å²) in [6.45, 7) is 3.27. The summed E-state index contributed by atoms with van der Waals surface area (Å²) < 4.78 is 97.6. The first-order valence-electron chi connectivity index (χ1n) is 14.0. The summed E-state index contributed by atoms with van der Waals surface area (Å²) in [7, 11) is -3.37. The molecule has 2 aliphatic rings. The first-order valence-corrected chi connectivity index (χ1v) is 15.9. The third-order valence-corrected chi connectivity index (χ3v) is 8.38. The van der Waals surface area contributed by atoms with Crippen molar-refractivity contribution in [3.8, 4) is 11.8 Å². The van der Waals surface area contributed by atoms with Crippen molar-refractivity contribution >= 4 is 50.6 Å². The van der Waals surface area contributed by atoms with E-state index in [-0.39, 0.29) is 34.3 Å². The minimum atomic E-state index is -4.58. The van der Waals surface area contributed by atoms with E-state index in [2.05, 4.69) is 15.1 Å². The minimum absolute atomic E-state index is 0.00962. The Hall–Kier alpha value is -4.97. The van der Waals surface area contributed by atoms with E-state index in [1.807, 2.05) is 0 Å². The first kappa shape index (κ1) is 34.4. The van der Waals surface area contributed by atoms with Gasteiger partial charge in [-0.05, 0) is 63.3 Å². The van der Waals surface area contributed by atoms with E-state index in [1.165, 1.54) is 13.2 Å². The number of carbonyl (C=O) groups excluding carboxylic acids is 2. The SMILES string of the molecule is CC(C)=C1OC(=O)N(c2cc(OC3CCCC3)c(Cl)cc2F)C1=O.COc1ncc(F)c2nc(S(=O)(=O)Nc3c(F)cccc3F)nn12. The van der Waals surface area contributed by atoms with Crippen LogP contribution in [0.25, 0.3) is 5.65 Å². The highest BCUT2D eigenvalue weighted by Gasteiger charge is 2.40. The Morgan fingerprint density at radius 3 is 2.31 bits per heavy atom. The van der Waals surface area contributed by atoms with Gasteiger partial charge in [0.15, 0.2) is 17.2 Å². The number of nitrogens with one attached hydrogen (secondary N) is 1. The molecule has 0 atom stereocenters. The molecule has 254 valence electrons. The zero-order chi connectivity index (χ0) is 34.9. The monoisotopic (exact) mass is 712 g/mol. The predicted molar refractivity (Wildman–Crippen MR) is 161 cm³/mol. The Kier molecular flexibility index (Phi) is 9.76. The lowest BCUT2D eigenvalue weighted by molar-refractivity contribution is -0.114. The van der Waals surface area contributed by atoms with Crippen LogP contribution in [0.3, 0.4) is 0 Å². The van der Waals surface area contributed by atoms with Gasteiger partial charge in [0.2, 0.25) is 0 Å². The van der Waals surface area contributed by atoms with Crippen LogP contribution in [-0.2, 0) is 19.6 Å². The van der Waals surface area contributed by atoms with Crippen LogP contribution in [0.4, 0.5) is 33.7 Å².